The maximum absolute atomic E-state index is 5.78. The van der Waals surface area contributed by atoms with Crippen molar-refractivity contribution in [3.63, 3.8) is 0 Å². The summed E-state index contributed by atoms with van der Waals surface area (Å²) < 4.78 is 5.69. The van der Waals surface area contributed by atoms with E-state index in [1.165, 1.54) is 64.2 Å². The predicted octanol–water partition coefficient (Wildman–Crippen LogP) is 3.38. The summed E-state index contributed by atoms with van der Waals surface area (Å²) in [5.74, 6) is 7.56. The molecule has 0 amide bonds. The topological polar surface area (TPSA) is 47.3 Å². The zero-order chi connectivity index (χ0) is 13.5. The smallest absolute Gasteiger partial charge is 0.0576 e. The summed E-state index contributed by atoms with van der Waals surface area (Å²) in [6, 6.07) is 0.527. The van der Waals surface area contributed by atoms with Crippen molar-refractivity contribution in [3.8, 4) is 0 Å². The number of nitrogens with one attached hydrogen (secondary N) is 1. The van der Waals surface area contributed by atoms with Crippen LogP contribution in [0.15, 0.2) is 0 Å². The van der Waals surface area contributed by atoms with E-state index in [4.69, 9.17) is 10.6 Å². The SMILES string of the molecule is CCC1CCC(C(CCCC2CCCO2)NN)CC1. The molecule has 2 atom stereocenters. The van der Waals surface area contributed by atoms with Gasteiger partial charge in [-0.25, -0.2) is 0 Å². The van der Waals surface area contributed by atoms with E-state index in [1.807, 2.05) is 0 Å². The molecular formula is C16H32N2O. The van der Waals surface area contributed by atoms with E-state index in [2.05, 4.69) is 12.3 Å². The van der Waals surface area contributed by atoms with Crippen LogP contribution in [0.3, 0.4) is 0 Å². The monoisotopic (exact) mass is 268 g/mol. The number of hydrogen-bond donors (Lipinski definition) is 2. The van der Waals surface area contributed by atoms with Gasteiger partial charge in [0, 0.05) is 12.6 Å². The molecule has 0 bridgehead atoms. The van der Waals surface area contributed by atoms with Gasteiger partial charge in [-0.15, -0.1) is 0 Å². The average Bonchev–Trinajstić information content (AvgIpc) is 2.97. The minimum absolute atomic E-state index is 0.527. The fourth-order valence-electron chi connectivity index (χ4n) is 3.89. The Morgan fingerprint density at radius 1 is 1.21 bits per heavy atom. The van der Waals surface area contributed by atoms with Crippen molar-refractivity contribution in [1.29, 1.82) is 0 Å². The molecular weight excluding hydrogens is 236 g/mol. The van der Waals surface area contributed by atoms with Gasteiger partial charge < -0.3 is 4.74 Å². The summed E-state index contributed by atoms with van der Waals surface area (Å²) in [6.07, 6.45) is 13.7. The molecule has 1 heterocycles. The van der Waals surface area contributed by atoms with Gasteiger partial charge in [0.25, 0.3) is 0 Å². The molecule has 1 aliphatic heterocycles. The van der Waals surface area contributed by atoms with Crippen LogP contribution in [0.1, 0.15) is 71.1 Å². The van der Waals surface area contributed by atoms with Crippen molar-refractivity contribution in [2.75, 3.05) is 6.61 Å². The van der Waals surface area contributed by atoms with Crippen molar-refractivity contribution in [2.45, 2.75) is 83.3 Å². The molecule has 3 N–H and O–H groups in total. The molecule has 1 saturated heterocycles. The van der Waals surface area contributed by atoms with Gasteiger partial charge >= 0.3 is 0 Å². The van der Waals surface area contributed by atoms with E-state index in [-0.39, 0.29) is 0 Å². The summed E-state index contributed by atoms with van der Waals surface area (Å²) in [7, 11) is 0. The average molecular weight is 268 g/mol. The van der Waals surface area contributed by atoms with E-state index in [0.29, 0.717) is 12.1 Å². The molecule has 0 aromatic rings. The number of hydrogen-bond acceptors (Lipinski definition) is 3. The Morgan fingerprint density at radius 3 is 2.58 bits per heavy atom. The highest BCUT2D eigenvalue weighted by atomic mass is 16.5. The lowest BCUT2D eigenvalue weighted by Crippen LogP contribution is -2.42. The number of nitrogens with two attached hydrogens (primary N) is 1. The van der Waals surface area contributed by atoms with Crippen molar-refractivity contribution in [2.24, 2.45) is 17.7 Å². The second-order valence-corrected chi connectivity index (χ2v) is 6.53. The Hall–Kier alpha value is -0.120. The Morgan fingerprint density at radius 2 is 2.00 bits per heavy atom. The van der Waals surface area contributed by atoms with Gasteiger partial charge in [0.05, 0.1) is 6.10 Å². The van der Waals surface area contributed by atoms with Gasteiger partial charge in [-0.2, -0.15) is 0 Å². The summed E-state index contributed by atoms with van der Waals surface area (Å²) in [6.45, 7) is 3.30. The predicted molar refractivity (Wildman–Crippen MR) is 79.7 cm³/mol. The maximum atomic E-state index is 5.78. The minimum Gasteiger partial charge on any atom is -0.378 e. The largest absolute Gasteiger partial charge is 0.378 e. The summed E-state index contributed by atoms with van der Waals surface area (Å²) in [5, 5.41) is 0. The van der Waals surface area contributed by atoms with Gasteiger partial charge in [0.1, 0.15) is 0 Å². The quantitative estimate of drug-likeness (QED) is 0.549. The van der Waals surface area contributed by atoms with Crippen LogP contribution in [0.5, 0.6) is 0 Å². The number of rotatable bonds is 7. The molecule has 2 fully saturated rings. The normalized spacial score (nSPS) is 33.5. The third kappa shape index (κ3) is 4.73. The van der Waals surface area contributed by atoms with Crippen LogP contribution in [-0.4, -0.2) is 18.8 Å². The molecule has 0 radical (unpaired) electrons. The number of ether oxygens (including phenoxy) is 1. The second-order valence-electron chi connectivity index (χ2n) is 6.53. The Kier molecular flexibility index (Phi) is 6.62. The van der Waals surface area contributed by atoms with Crippen LogP contribution in [0.2, 0.25) is 0 Å². The highest BCUT2D eigenvalue weighted by Gasteiger charge is 2.26. The molecule has 0 aromatic heterocycles. The molecule has 0 spiro atoms. The first kappa shape index (κ1) is 15.3. The first-order chi connectivity index (χ1) is 9.33. The van der Waals surface area contributed by atoms with Crippen LogP contribution in [-0.2, 0) is 4.74 Å². The van der Waals surface area contributed by atoms with Crippen molar-refractivity contribution >= 4 is 0 Å². The fourth-order valence-corrected chi connectivity index (χ4v) is 3.89. The molecule has 2 rings (SSSR count). The summed E-state index contributed by atoms with van der Waals surface area (Å²) in [4.78, 5) is 0. The molecule has 2 aliphatic rings. The molecule has 3 nitrogen and oxygen atoms in total. The Labute approximate surface area is 118 Å². The van der Waals surface area contributed by atoms with Gasteiger partial charge in [-0.05, 0) is 56.8 Å². The van der Waals surface area contributed by atoms with E-state index in [9.17, 15) is 0 Å². The van der Waals surface area contributed by atoms with Crippen molar-refractivity contribution in [1.82, 2.24) is 5.43 Å². The van der Waals surface area contributed by atoms with E-state index in [1.54, 1.807) is 0 Å². The van der Waals surface area contributed by atoms with Crippen molar-refractivity contribution < 1.29 is 4.74 Å². The molecule has 1 aliphatic carbocycles. The van der Waals surface area contributed by atoms with E-state index in [0.717, 1.165) is 18.4 Å². The summed E-state index contributed by atoms with van der Waals surface area (Å²) >= 11 is 0. The van der Waals surface area contributed by atoms with Gasteiger partial charge in [-0.3, -0.25) is 11.3 Å². The molecule has 3 heteroatoms. The van der Waals surface area contributed by atoms with Crippen molar-refractivity contribution in [3.05, 3.63) is 0 Å². The highest BCUT2D eigenvalue weighted by Crippen LogP contribution is 2.33. The third-order valence-electron chi connectivity index (χ3n) is 5.32. The number of hydrazine groups is 1. The zero-order valence-corrected chi connectivity index (χ0v) is 12.6. The van der Waals surface area contributed by atoms with Crippen LogP contribution in [0.25, 0.3) is 0 Å². The Balaban J connectivity index is 1.64. The molecule has 19 heavy (non-hydrogen) atoms. The van der Waals surface area contributed by atoms with Gasteiger partial charge in [0.2, 0.25) is 0 Å². The molecule has 0 aromatic carbocycles. The Bertz CT molecular complexity index is 233. The fraction of sp³-hybridized carbons (Fsp3) is 1.00. The zero-order valence-electron chi connectivity index (χ0n) is 12.6. The summed E-state index contributed by atoms with van der Waals surface area (Å²) in [5.41, 5.74) is 3.09. The van der Waals surface area contributed by atoms with Crippen LogP contribution in [0, 0.1) is 11.8 Å². The van der Waals surface area contributed by atoms with Gasteiger partial charge in [-0.1, -0.05) is 26.2 Å². The maximum Gasteiger partial charge on any atom is 0.0576 e. The third-order valence-corrected chi connectivity index (χ3v) is 5.32. The lowest BCUT2D eigenvalue weighted by molar-refractivity contribution is 0.0995. The minimum atomic E-state index is 0.527. The van der Waals surface area contributed by atoms with Crippen LogP contribution < -0.4 is 11.3 Å². The molecule has 2 unspecified atom stereocenters. The molecule has 1 saturated carbocycles. The molecule has 112 valence electrons. The van der Waals surface area contributed by atoms with E-state index >= 15 is 0 Å². The standard InChI is InChI=1S/C16H32N2O/c1-2-13-8-10-14(11-9-13)16(18-17)7-3-5-15-6-4-12-19-15/h13-16,18H,2-12,17H2,1H3. The van der Waals surface area contributed by atoms with E-state index < -0.39 is 0 Å². The van der Waals surface area contributed by atoms with Gasteiger partial charge in [0.15, 0.2) is 0 Å². The first-order valence-corrected chi connectivity index (χ1v) is 8.41. The highest BCUT2D eigenvalue weighted by molar-refractivity contribution is 4.81. The first-order valence-electron chi connectivity index (χ1n) is 8.41. The van der Waals surface area contributed by atoms with Crippen LogP contribution in [0.4, 0.5) is 0 Å². The lowest BCUT2D eigenvalue weighted by Gasteiger charge is -2.33. The lowest BCUT2D eigenvalue weighted by atomic mass is 9.76. The van der Waals surface area contributed by atoms with Crippen LogP contribution >= 0.6 is 0 Å². The second kappa shape index (κ2) is 8.23.